The molecule has 1 aliphatic heterocycles. The van der Waals surface area contributed by atoms with E-state index in [1.165, 1.54) is 17.4 Å². The van der Waals surface area contributed by atoms with Crippen LogP contribution in [0.25, 0.3) is 10.6 Å². The van der Waals surface area contributed by atoms with Gasteiger partial charge in [-0.3, -0.25) is 4.79 Å². The smallest absolute Gasteiger partial charge is 0.323 e. The number of hydrogen-bond acceptors (Lipinski definition) is 9. The lowest BCUT2D eigenvalue weighted by molar-refractivity contribution is -0.126. The number of benzene rings is 2. The monoisotopic (exact) mass is 485 g/mol. The highest BCUT2D eigenvalue weighted by atomic mass is 32.1. The Bertz CT molecular complexity index is 1320. The maximum absolute atomic E-state index is 11.8. The molecule has 9 nitrogen and oxygen atoms in total. The minimum Gasteiger partial charge on any atom is -0.424 e. The SMILES string of the molecule is C=CC(=O)N1CCN(c2cccc(Oc3nccc(Nc4nnc(-c5ccccc5)s4)n3)c2)CC1. The molecule has 35 heavy (non-hydrogen) atoms. The second-order valence-electron chi connectivity index (χ2n) is 7.74. The number of carbonyl (C=O) groups excluding carboxylic acids is 1. The third-order valence-corrected chi connectivity index (χ3v) is 6.36. The van der Waals surface area contributed by atoms with Gasteiger partial charge in [0.2, 0.25) is 11.0 Å². The molecular weight excluding hydrogens is 462 g/mol. The van der Waals surface area contributed by atoms with Crippen LogP contribution in [0, 0.1) is 0 Å². The third-order valence-electron chi connectivity index (χ3n) is 5.47. The fourth-order valence-corrected chi connectivity index (χ4v) is 4.46. The van der Waals surface area contributed by atoms with Gasteiger partial charge in [0.1, 0.15) is 16.6 Å². The highest BCUT2D eigenvalue weighted by molar-refractivity contribution is 7.18. The number of piperazine rings is 1. The van der Waals surface area contributed by atoms with Crippen molar-refractivity contribution in [3.63, 3.8) is 0 Å². The van der Waals surface area contributed by atoms with Crippen molar-refractivity contribution in [1.29, 1.82) is 0 Å². The number of nitrogens with one attached hydrogen (secondary N) is 1. The number of hydrogen-bond donors (Lipinski definition) is 1. The maximum Gasteiger partial charge on any atom is 0.323 e. The Morgan fingerprint density at radius 1 is 1.03 bits per heavy atom. The van der Waals surface area contributed by atoms with Crippen LogP contribution in [0.5, 0.6) is 11.8 Å². The molecule has 0 bridgehead atoms. The number of anilines is 3. The van der Waals surface area contributed by atoms with E-state index in [0.717, 1.165) is 29.3 Å². The van der Waals surface area contributed by atoms with Gasteiger partial charge in [-0.2, -0.15) is 4.98 Å². The first-order chi connectivity index (χ1) is 17.2. The molecule has 0 saturated carbocycles. The van der Waals surface area contributed by atoms with E-state index < -0.39 is 0 Å². The third kappa shape index (κ3) is 5.44. The standard InChI is InChI=1S/C25H23N7O2S/c1-2-22(33)32-15-13-31(14-16-32)19-9-6-10-20(17-19)34-24-26-12-11-21(27-24)28-25-30-29-23(35-25)18-7-4-3-5-8-18/h2-12,17H,1,13-16H2,(H,26,27,28,30). The Balaban J connectivity index is 1.24. The lowest BCUT2D eigenvalue weighted by atomic mass is 10.2. The summed E-state index contributed by atoms with van der Waals surface area (Å²) < 4.78 is 5.94. The molecule has 176 valence electrons. The van der Waals surface area contributed by atoms with Crippen LogP contribution in [0.2, 0.25) is 0 Å². The number of carbonyl (C=O) groups is 1. The summed E-state index contributed by atoms with van der Waals surface area (Å²) >= 11 is 1.44. The van der Waals surface area contributed by atoms with Crippen molar-refractivity contribution in [1.82, 2.24) is 25.1 Å². The van der Waals surface area contributed by atoms with E-state index in [1.54, 1.807) is 17.2 Å². The molecule has 0 atom stereocenters. The minimum atomic E-state index is -0.0304. The number of ether oxygens (including phenoxy) is 1. The number of aromatic nitrogens is 4. The van der Waals surface area contributed by atoms with Gasteiger partial charge in [0.25, 0.3) is 0 Å². The average Bonchev–Trinajstić information content (AvgIpc) is 3.38. The predicted octanol–water partition coefficient (Wildman–Crippen LogP) is 4.37. The molecule has 2 aromatic heterocycles. The van der Waals surface area contributed by atoms with E-state index in [2.05, 4.69) is 37.0 Å². The molecule has 3 heterocycles. The van der Waals surface area contributed by atoms with Gasteiger partial charge < -0.3 is 19.9 Å². The summed E-state index contributed by atoms with van der Waals surface area (Å²) in [5.41, 5.74) is 2.03. The Labute approximate surface area is 206 Å². The van der Waals surface area contributed by atoms with Gasteiger partial charge >= 0.3 is 6.01 Å². The fourth-order valence-electron chi connectivity index (χ4n) is 3.70. The molecule has 10 heteroatoms. The van der Waals surface area contributed by atoms with Gasteiger partial charge in [0.15, 0.2) is 0 Å². The highest BCUT2D eigenvalue weighted by Crippen LogP contribution is 2.29. The summed E-state index contributed by atoms with van der Waals surface area (Å²) in [6, 6.07) is 19.6. The summed E-state index contributed by atoms with van der Waals surface area (Å²) in [6.45, 7) is 6.36. The fraction of sp³-hybridized carbons (Fsp3) is 0.160. The average molecular weight is 486 g/mol. The van der Waals surface area contributed by atoms with Crippen molar-refractivity contribution < 1.29 is 9.53 Å². The van der Waals surface area contributed by atoms with Crippen LogP contribution in [0.15, 0.2) is 79.5 Å². The van der Waals surface area contributed by atoms with Crippen LogP contribution in [0.4, 0.5) is 16.6 Å². The molecule has 0 radical (unpaired) electrons. The Hall–Kier alpha value is -4.31. The predicted molar refractivity (Wildman–Crippen MR) is 136 cm³/mol. The van der Waals surface area contributed by atoms with E-state index >= 15 is 0 Å². The van der Waals surface area contributed by atoms with Crippen LogP contribution in [0.1, 0.15) is 0 Å². The van der Waals surface area contributed by atoms with Crippen LogP contribution in [0.3, 0.4) is 0 Å². The van der Waals surface area contributed by atoms with Crippen LogP contribution < -0.4 is 15.0 Å². The molecule has 1 fully saturated rings. The Morgan fingerprint density at radius 2 is 1.86 bits per heavy atom. The molecule has 1 amide bonds. The van der Waals surface area contributed by atoms with E-state index in [-0.39, 0.29) is 11.9 Å². The molecule has 1 N–H and O–H groups in total. The molecule has 0 spiro atoms. The molecule has 0 unspecified atom stereocenters. The molecule has 1 saturated heterocycles. The molecule has 1 aliphatic rings. The number of rotatable bonds is 7. The van der Waals surface area contributed by atoms with E-state index in [4.69, 9.17) is 4.74 Å². The summed E-state index contributed by atoms with van der Waals surface area (Å²) in [5, 5.41) is 13.1. The van der Waals surface area contributed by atoms with Crippen LogP contribution in [-0.4, -0.2) is 57.2 Å². The van der Waals surface area contributed by atoms with Crippen molar-refractivity contribution >= 4 is 33.9 Å². The van der Waals surface area contributed by atoms with Crippen molar-refractivity contribution in [3.8, 4) is 22.3 Å². The quantitative estimate of drug-likeness (QED) is 0.386. The molecule has 5 rings (SSSR count). The highest BCUT2D eigenvalue weighted by Gasteiger charge is 2.20. The lowest BCUT2D eigenvalue weighted by Crippen LogP contribution is -2.48. The molecule has 4 aromatic rings. The van der Waals surface area contributed by atoms with Crippen LogP contribution in [-0.2, 0) is 4.79 Å². The normalized spacial score (nSPS) is 13.4. The summed E-state index contributed by atoms with van der Waals surface area (Å²) in [7, 11) is 0. The first kappa shape index (κ1) is 22.5. The largest absolute Gasteiger partial charge is 0.424 e. The van der Waals surface area contributed by atoms with Crippen LogP contribution >= 0.6 is 11.3 Å². The van der Waals surface area contributed by atoms with Gasteiger partial charge in [0.05, 0.1) is 0 Å². The Kier molecular flexibility index (Phi) is 6.62. The van der Waals surface area contributed by atoms with Gasteiger partial charge in [0, 0.05) is 49.7 Å². The van der Waals surface area contributed by atoms with E-state index in [9.17, 15) is 4.79 Å². The first-order valence-electron chi connectivity index (χ1n) is 11.1. The zero-order chi connectivity index (χ0) is 24.0. The lowest BCUT2D eigenvalue weighted by Gasteiger charge is -2.35. The zero-order valence-corrected chi connectivity index (χ0v) is 19.7. The van der Waals surface area contributed by atoms with Gasteiger partial charge in [-0.05, 0) is 24.3 Å². The van der Waals surface area contributed by atoms with E-state index in [1.807, 2.05) is 54.6 Å². The van der Waals surface area contributed by atoms with Crippen molar-refractivity contribution in [2.75, 3.05) is 36.4 Å². The maximum atomic E-state index is 11.8. The summed E-state index contributed by atoms with van der Waals surface area (Å²) in [5.74, 6) is 1.16. The molecule has 0 aliphatic carbocycles. The van der Waals surface area contributed by atoms with Gasteiger partial charge in [-0.15, -0.1) is 10.2 Å². The summed E-state index contributed by atoms with van der Waals surface area (Å²) in [6.07, 6.45) is 2.99. The minimum absolute atomic E-state index is 0.0304. The number of nitrogens with zero attached hydrogens (tertiary/aromatic N) is 6. The Morgan fingerprint density at radius 3 is 2.66 bits per heavy atom. The second-order valence-corrected chi connectivity index (χ2v) is 8.72. The topological polar surface area (TPSA) is 96.4 Å². The van der Waals surface area contributed by atoms with Crippen molar-refractivity contribution in [2.45, 2.75) is 0 Å². The zero-order valence-electron chi connectivity index (χ0n) is 18.9. The van der Waals surface area contributed by atoms with Crippen molar-refractivity contribution in [3.05, 3.63) is 79.5 Å². The second kappa shape index (κ2) is 10.3. The van der Waals surface area contributed by atoms with Gasteiger partial charge in [-0.1, -0.05) is 54.3 Å². The van der Waals surface area contributed by atoms with E-state index in [0.29, 0.717) is 29.8 Å². The first-order valence-corrected chi connectivity index (χ1v) is 11.9. The summed E-state index contributed by atoms with van der Waals surface area (Å²) in [4.78, 5) is 24.5. The number of amides is 1. The molecular formula is C25H23N7O2S. The van der Waals surface area contributed by atoms with Crippen molar-refractivity contribution in [2.24, 2.45) is 0 Å². The molecule has 2 aromatic carbocycles. The van der Waals surface area contributed by atoms with Gasteiger partial charge in [-0.25, -0.2) is 4.98 Å².